The number of hydrogen-bond donors (Lipinski definition) is 2. The molecule has 0 radical (unpaired) electrons. The van der Waals surface area contributed by atoms with E-state index in [4.69, 9.17) is 10.5 Å². The van der Waals surface area contributed by atoms with Crippen molar-refractivity contribution in [2.75, 3.05) is 11.9 Å². The smallest absolute Gasteiger partial charge is 0.268 e. The zero-order valence-electron chi connectivity index (χ0n) is 9.54. The van der Waals surface area contributed by atoms with Crippen LogP contribution in [0.3, 0.4) is 0 Å². The lowest BCUT2D eigenvalue weighted by atomic mass is 10.0. The first-order chi connectivity index (χ1) is 7.53. The molecule has 86 valence electrons. The number of amides is 1. The van der Waals surface area contributed by atoms with Crippen LogP contribution in [0.15, 0.2) is 18.2 Å². The number of nitrogens with one attached hydrogen (secondary N) is 1. The third kappa shape index (κ3) is 1.88. The number of hydrogen-bond acceptors (Lipinski definition) is 3. The van der Waals surface area contributed by atoms with Gasteiger partial charge in [-0.3, -0.25) is 4.79 Å². The Kier molecular flexibility index (Phi) is 2.59. The predicted molar refractivity (Wildman–Crippen MR) is 62.5 cm³/mol. The van der Waals surface area contributed by atoms with Gasteiger partial charge in [0.2, 0.25) is 0 Å². The van der Waals surface area contributed by atoms with Gasteiger partial charge >= 0.3 is 0 Å². The zero-order chi connectivity index (χ0) is 11.8. The summed E-state index contributed by atoms with van der Waals surface area (Å²) in [6, 6.07) is 5.74. The molecule has 1 aromatic rings. The fourth-order valence-corrected chi connectivity index (χ4v) is 1.67. The summed E-state index contributed by atoms with van der Waals surface area (Å²) in [4.78, 5) is 11.6. The number of carbonyl (C=O) groups excluding carboxylic acids is 1. The van der Waals surface area contributed by atoms with E-state index in [2.05, 4.69) is 5.32 Å². The number of ether oxygens (including phenoxy) is 1. The van der Waals surface area contributed by atoms with Gasteiger partial charge in [-0.15, -0.1) is 0 Å². The Morgan fingerprint density at radius 2 is 2.19 bits per heavy atom. The highest BCUT2D eigenvalue weighted by Gasteiger charge is 2.35. The highest BCUT2D eigenvalue weighted by atomic mass is 16.5. The molecule has 16 heavy (non-hydrogen) atoms. The van der Waals surface area contributed by atoms with Gasteiger partial charge < -0.3 is 15.8 Å². The lowest BCUT2D eigenvalue weighted by molar-refractivity contribution is -0.129. The second-order valence-corrected chi connectivity index (χ2v) is 4.44. The molecule has 3 N–H and O–H groups in total. The van der Waals surface area contributed by atoms with Gasteiger partial charge in [0.05, 0.1) is 5.69 Å². The molecule has 0 saturated carbocycles. The Balaban J connectivity index is 2.34. The predicted octanol–water partition coefficient (Wildman–Crippen LogP) is 1.30. The Bertz CT molecular complexity index is 427. The second-order valence-electron chi connectivity index (χ2n) is 4.44. The first kappa shape index (κ1) is 11.0. The molecule has 0 atom stereocenters. The number of fused-ring (bicyclic) bond motifs is 1. The summed E-state index contributed by atoms with van der Waals surface area (Å²) in [6.45, 7) is 4.11. The normalized spacial score (nSPS) is 17.3. The van der Waals surface area contributed by atoms with E-state index < -0.39 is 5.60 Å². The maximum atomic E-state index is 11.6. The minimum absolute atomic E-state index is 0.119. The van der Waals surface area contributed by atoms with Gasteiger partial charge in [-0.05, 0) is 44.5 Å². The SMILES string of the molecule is CC1(C)Oc2cc(CCN)ccc2NC1=O. The lowest BCUT2D eigenvalue weighted by Gasteiger charge is -2.31. The summed E-state index contributed by atoms with van der Waals surface area (Å²) in [5, 5.41) is 2.82. The van der Waals surface area contributed by atoms with Gasteiger partial charge in [0.15, 0.2) is 5.60 Å². The van der Waals surface area contributed by atoms with Crippen LogP contribution >= 0.6 is 0 Å². The molecular weight excluding hydrogens is 204 g/mol. The summed E-state index contributed by atoms with van der Waals surface area (Å²) in [6.07, 6.45) is 0.811. The molecule has 1 heterocycles. The van der Waals surface area contributed by atoms with E-state index in [1.54, 1.807) is 13.8 Å². The highest BCUT2D eigenvalue weighted by Crippen LogP contribution is 2.34. The van der Waals surface area contributed by atoms with Gasteiger partial charge in [0.1, 0.15) is 5.75 Å². The second kappa shape index (κ2) is 3.79. The summed E-state index contributed by atoms with van der Waals surface area (Å²) in [7, 11) is 0. The molecule has 1 amide bonds. The Hall–Kier alpha value is -1.55. The van der Waals surface area contributed by atoms with Gasteiger partial charge in [-0.1, -0.05) is 6.07 Å². The van der Waals surface area contributed by atoms with Gasteiger partial charge in [0.25, 0.3) is 5.91 Å². The van der Waals surface area contributed by atoms with E-state index in [-0.39, 0.29) is 5.91 Å². The van der Waals surface area contributed by atoms with Crippen LogP contribution in [0.5, 0.6) is 5.75 Å². The molecule has 0 spiro atoms. The number of rotatable bonds is 2. The number of benzene rings is 1. The van der Waals surface area contributed by atoms with Crippen LogP contribution in [0, 0.1) is 0 Å². The van der Waals surface area contributed by atoms with Crippen LogP contribution in [0.2, 0.25) is 0 Å². The average molecular weight is 220 g/mol. The Morgan fingerprint density at radius 3 is 2.88 bits per heavy atom. The highest BCUT2D eigenvalue weighted by molar-refractivity contribution is 6.00. The lowest BCUT2D eigenvalue weighted by Crippen LogP contribution is -2.45. The molecular formula is C12H16N2O2. The minimum atomic E-state index is -0.811. The molecule has 0 unspecified atom stereocenters. The van der Waals surface area contributed by atoms with Gasteiger partial charge in [0, 0.05) is 0 Å². The largest absolute Gasteiger partial charge is 0.476 e. The summed E-state index contributed by atoms with van der Waals surface area (Å²) in [5.41, 5.74) is 6.54. The molecule has 0 bridgehead atoms. The molecule has 0 aliphatic carbocycles. The van der Waals surface area contributed by atoms with Crippen LogP contribution in [0.25, 0.3) is 0 Å². The molecule has 0 aromatic heterocycles. The molecule has 0 saturated heterocycles. The van der Waals surface area contributed by atoms with E-state index in [1.165, 1.54) is 0 Å². The van der Waals surface area contributed by atoms with Gasteiger partial charge in [-0.25, -0.2) is 0 Å². The average Bonchev–Trinajstić information content (AvgIpc) is 2.20. The maximum absolute atomic E-state index is 11.6. The molecule has 1 aliphatic rings. The topological polar surface area (TPSA) is 64.3 Å². The quantitative estimate of drug-likeness (QED) is 0.789. The standard InChI is InChI=1S/C12H16N2O2/c1-12(2)11(15)14-9-4-3-8(5-6-13)7-10(9)16-12/h3-4,7H,5-6,13H2,1-2H3,(H,14,15). The van der Waals surface area contributed by atoms with Crippen LogP contribution in [-0.4, -0.2) is 18.1 Å². The van der Waals surface area contributed by atoms with Crippen molar-refractivity contribution in [3.63, 3.8) is 0 Å². The third-order valence-electron chi connectivity index (χ3n) is 2.64. The molecule has 1 aromatic carbocycles. The number of nitrogens with two attached hydrogens (primary N) is 1. The van der Waals surface area contributed by atoms with Crippen molar-refractivity contribution in [3.05, 3.63) is 23.8 Å². The molecule has 4 heteroatoms. The van der Waals surface area contributed by atoms with E-state index in [0.29, 0.717) is 6.54 Å². The summed E-state index contributed by atoms with van der Waals surface area (Å²) >= 11 is 0. The zero-order valence-corrected chi connectivity index (χ0v) is 9.54. The maximum Gasteiger partial charge on any atom is 0.268 e. The van der Waals surface area contributed by atoms with E-state index in [1.807, 2.05) is 18.2 Å². The minimum Gasteiger partial charge on any atom is -0.476 e. The molecule has 4 nitrogen and oxygen atoms in total. The van der Waals surface area contributed by atoms with Crippen LogP contribution in [0.1, 0.15) is 19.4 Å². The molecule has 2 rings (SSSR count). The van der Waals surface area contributed by atoms with E-state index in [0.717, 1.165) is 23.4 Å². The van der Waals surface area contributed by atoms with Gasteiger partial charge in [-0.2, -0.15) is 0 Å². The van der Waals surface area contributed by atoms with Crippen LogP contribution in [0.4, 0.5) is 5.69 Å². The molecule has 0 fully saturated rings. The van der Waals surface area contributed by atoms with Crippen molar-refractivity contribution >= 4 is 11.6 Å². The number of anilines is 1. The molecule has 1 aliphatic heterocycles. The Morgan fingerprint density at radius 1 is 1.44 bits per heavy atom. The monoisotopic (exact) mass is 220 g/mol. The first-order valence-corrected chi connectivity index (χ1v) is 5.36. The van der Waals surface area contributed by atoms with Crippen LogP contribution in [-0.2, 0) is 11.2 Å². The fraction of sp³-hybridized carbons (Fsp3) is 0.417. The van der Waals surface area contributed by atoms with Crippen molar-refractivity contribution in [3.8, 4) is 5.75 Å². The van der Waals surface area contributed by atoms with E-state index in [9.17, 15) is 4.79 Å². The van der Waals surface area contributed by atoms with Crippen LogP contribution < -0.4 is 15.8 Å². The summed E-state index contributed by atoms with van der Waals surface area (Å²) in [5.74, 6) is 0.599. The van der Waals surface area contributed by atoms with Crippen molar-refractivity contribution in [1.82, 2.24) is 0 Å². The summed E-state index contributed by atoms with van der Waals surface area (Å²) < 4.78 is 5.67. The van der Waals surface area contributed by atoms with Crippen molar-refractivity contribution in [1.29, 1.82) is 0 Å². The van der Waals surface area contributed by atoms with Crippen molar-refractivity contribution in [2.24, 2.45) is 5.73 Å². The van der Waals surface area contributed by atoms with Crippen molar-refractivity contribution in [2.45, 2.75) is 25.9 Å². The first-order valence-electron chi connectivity index (χ1n) is 5.36. The third-order valence-corrected chi connectivity index (χ3v) is 2.64. The number of carbonyl (C=O) groups is 1. The fourth-order valence-electron chi connectivity index (χ4n) is 1.67. The van der Waals surface area contributed by atoms with Crippen molar-refractivity contribution < 1.29 is 9.53 Å². The Labute approximate surface area is 94.8 Å². The van der Waals surface area contributed by atoms with E-state index >= 15 is 0 Å².